The van der Waals surface area contributed by atoms with Crippen LogP contribution in [0.15, 0.2) is 51.9 Å². The lowest BCUT2D eigenvalue weighted by atomic mass is 10.2. The molecule has 2 nitrogen and oxygen atoms in total. The molecule has 2 aromatic rings. The molecule has 0 amide bonds. The Bertz CT molecular complexity index is 616. The summed E-state index contributed by atoms with van der Waals surface area (Å²) in [5.41, 5.74) is -1.87. The highest BCUT2D eigenvalue weighted by molar-refractivity contribution is 9.10. The van der Waals surface area contributed by atoms with Gasteiger partial charge in [0.25, 0.3) is 5.56 Å². The Balaban J connectivity index is 2.60. The second kappa shape index (κ2) is 4.61. The molecule has 0 unspecified atom stereocenters. The molecule has 0 fully saturated rings. The van der Waals surface area contributed by atoms with Crippen LogP contribution in [-0.4, -0.2) is 4.57 Å². The number of nitrogens with zero attached hydrogens (tertiary/aromatic N) is 1. The predicted molar refractivity (Wildman–Crippen MR) is 64.7 cm³/mol. The smallest absolute Gasteiger partial charge is 0.284 e. The summed E-state index contributed by atoms with van der Waals surface area (Å²) in [4.78, 5) is 11.7. The van der Waals surface area contributed by atoms with Crippen molar-refractivity contribution >= 4 is 15.9 Å². The molecule has 0 saturated heterocycles. The Kier molecular flexibility index (Phi) is 3.30. The van der Waals surface area contributed by atoms with Gasteiger partial charge in [0.1, 0.15) is 5.56 Å². The van der Waals surface area contributed by atoms with E-state index >= 15 is 0 Å². The number of halogens is 4. The average molecular weight is 318 g/mol. The lowest BCUT2D eigenvalue weighted by Gasteiger charge is -2.10. The molecule has 0 aliphatic heterocycles. The van der Waals surface area contributed by atoms with Crippen molar-refractivity contribution in [1.82, 2.24) is 4.57 Å². The molecule has 18 heavy (non-hydrogen) atoms. The van der Waals surface area contributed by atoms with Crippen molar-refractivity contribution < 1.29 is 13.2 Å². The monoisotopic (exact) mass is 317 g/mol. The Labute approximate surface area is 109 Å². The predicted octanol–water partition coefficient (Wildman–Crippen LogP) is 3.62. The topological polar surface area (TPSA) is 22.0 Å². The number of rotatable bonds is 1. The zero-order valence-electron chi connectivity index (χ0n) is 8.91. The zero-order chi connectivity index (χ0) is 13.3. The molecule has 0 bridgehead atoms. The molecular weight excluding hydrogens is 311 g/mol. The summed E-state index contributed by atoms with van der Waals surface area (Å²) >= 11 is 3.22. The summed E-state index contributed by atoms with van der Waals surface area (Å²) in [5, 5.41) is 0. The van der Waals surface area contributed by atoms with E-state index in [0.29, 0.717) is 5.69 Å². The van der Waals surface area contributed by atoms with E-state index in [4.69, 9.17) is 0 Å². The van der Waals surface area contributed by atoms with Gasteiger partial charge in [-0.1, -0.05) is 15.9 Å². The van der Waals surface area contributed by atoms with Crippen molar-refractivity contribution in [2.75, 3.05) is 0 Å². The quantitative estimate of drug-likeness (QED) is 0.787. The molecule has 0 aliphatic carbocycles. The lowest BCUT2D eigenvalue weighted by Crippen LogP contribution is -2.26. The molecule has 0 radical (unpaired) electrons. The highest BCUT2D eigenvalue weighted by Crippen LogP contribution is 2.26. The second-order valence-corrected chi connectivity index (χ2v) is 4.49. The van der Waals surface area contributed by atoms with Gasteiger partial charge in [0, 0.05) is 16.4 Å². The second-order valence-electron chi connectivity index (χ2n) is 3.57. The van der Waals surface area contributed by atoms with E-state index in [9.17, 15) is 18.0 Å². The minimum atomic E-state index is -4.64. The molecule has 0 saturated carbocycles. The Morgan fingerprint density at radius 2 is 1.67 bits per heavy atom. The third kappa shape index (κ3) is 2.48. The minimum Gasteiger partial charge on any atom is -0.284 e. The zero-order valence-corrected chi connectivity index (χ0v) is 10.5. The van der Waals surface area contributed by atoms with Gasteiger partial charge < -0.3 is 0 Å². The standard InChI is InChI=1S/C12H7BrF3NO/c13-8-3-5-9(6-4-8)17-7-1-2-10(11(17)18)12(14,15)16/h1-7H. The van der Waals surface area contributed by atoms with E-state index in [2.05, 4.69) is 15.9 Å². The summed E-state index contributed by atoms with van der Waals surface area (Å²) in [6.07, 6.45) is -3.34. The first-order chi connectivity index (χ1) is 8.39. The molecule has 0 aliphatic rings. The van der Waals surface area contributed by atoms with Gasteiger partial charge in [0.15, 0.2) is 0 Å². The van der Waals surface area contributed by atoms with Gasteiger partial charge in [-0.2, -0.15) is 13.2 Å². The fourth-order valence-electron chi connectivity index (χ4n) is 1.51. The number of alkyl halides is 3. The SMILES string of the molecule is O=c1c(C(F)(F)F)cccn1-c1ccc(Br)cc1. The molecule has 94 valence electrons. The van der Waals surface area contributed by atoms with Crippen molar-refractivity contribution in [2.24, 2.45) is 0 Å². The van der Waals surface area contributed by atoms with Crippen LogP contribution in [0.2, 0.25) is 0 Å². The first kappa shape index (κ1) is 12.9. The summed E-state index contributed by atoms with van der Waals surface area (Å²) < 4.78 is 39.5. The van der Waals surface area contributed by atoms with Gasteiger partial charge in [-0.05, 0) is 36.4 Å². The van der Waals surface area contributed by atoms with Gasteiger partial charge in [-0.25, -0.2) is 0 Å². The summed E-state index contributed by atoms with van der Waals surface area (Å²) in [7, 11) is 0. The van der Waals surface area contributed by atoms with Crippen molar-refractivity contribution in [1.29, 1.82) is 0 Å². The van der Waals surface area contributed by atoms with Gasteiger partial charge in [-0.3, -0.25) is 9.36 Å². The van der Waals surface area contributed by atoms with Gasteiger partial charge in [0.2, 0.25) is 0 Å². The van der Waals surface area contributed by atoms with Crippen molar-refractivity contribution in [3.63, 3.8) is 0 Å². The first-order valence-electron chi connectivity index (χ1n) is 4.94. The normalized spacial score (nSPS) is 11.6. The van der Waals surface area contributed by atoms with Crippen LogP contribution in [0.5, 0.6) is 0 Å². The van der Waals surface area contributed by atoms with Crippen LogP contribution in [0.4, 0.5) is 13.2 Å². The van der Waals surface area contributed by atoms with Crippen LogP contribution in [-0.2, 0) is 6.18 Å². The third-order valence-corrected chi connectivity index (χ3v) is 2.89. The van der Waals surface area contributed by atoms with Crippen LogP contribution in [0.3, 0.4) is 0 Å². The molecule has 1 aromatic carbocycles. The van der Waals surface area contributed by atoms with Crippen LogP contribution >= 0.6 is 15.9 Å². The Hall–Kier alpha value is -1.56. The number of benzene rings is 1. The van der Waals surface area contributed by atoms with Crippen molar-refractivity contribution in [3.8, 4) is 5.69 Å². The van der Waals surface area contributed by atoms with Crippen molar-refractivity contribution in [2.45, 2.75) is 6.18 Å². The summed E-state index contributed by atoms with van der Waals surface area (Å²) in [5.74, 6) is 0. The van der Waals surface area contributed by atoms with Crippen LogP contribution < -0.4 is 5.56 Å². The Morgan fingerprint density at radius 1 is 1.06 bits per heavy atom. The van der Waals surface area contributed by atoms with Crippen LogP contribution in [0, 0.1) is 0 Å². The summed E-state index contributed by atoms with van der Waals surface area (Å²) in [6.45, 7) is 0. The molecule has 0 spiro atoms. The van der Waals surface area contributed by atoms with E-state index in [1.54, 1.807) is 24.3 Å². The lowest BCUT2D eigenvalue weighted by molar-refractivity contribution is -0.138. The van der Waals surface area contributed by atoms with Crippen LogP contribution in [0.1, 0.15) is 5.56 Å². The van der Waals surface area contributed by atoms with Crippen molar-refractivity contribution in [3.05, 3.63) is 63.0 Å². The average Bonchev–Trinajstić information content (AvgIpc) is 2.29. The number of hydrogen-bond donors (Lipinski definition) is 0. The molecule has 1 aromatic heterocycles. The van der Waals surface area contributed by atoms with E-state index < -0.39 is 17.3 Å². The Morgan fingerprint density at radius 3 is 2.22 bits per heavy atom. The maximum atomic E-state index is 12.6. The van der Waals surface area contributed by atoms with E-state index in [-0.39, 0.29) is 0 Å². The maximum Gasteiger partial charge on any atom is 0.421 e. The number of hydrogen-bond acceptors (Lipinski definition) is 1. The molecule has 1 heterocycles. The molecule has 0 N–H and O–H groups in total. The van der Waals surface area contributed by atoms with Gasteiger partial charge in [0.05, 0.1) is 0 Å². The molecule has 0 atom stereocenters. The summed E-state index contributed by atoms with van der Waals surface area (Å²) in [6, 6.07) is 8.41. The molecular formula is C12H7BrF3NO. The van der Waals surface area contributed by atoms with E-state index in [0.717, 1.165) is 15.1 Å². The highest BCUT2D eigenvalue weighted by atomic mass is 79.9. The minimum absolute atomic E-state index is 0.384. The number of pyridine rings is 1. The van der Waals surface area contributed by atoms with Gasteiger partial charge in [-0.15, -0.1) is 0 Å². The molecule has 6 heteroatoms. The number of aromatic nitrogens is 1. The maximum absolute atomic E-state index is 12.6. The largest absolute Gasteiger partial charge is 0.421 e. The highest BCUT2D eigenvalue weighted by Gasteiger charge is 2.34. The first-order valence-corrected chi connectivity index (χ1v) is 5.74. The van der Waals surface area contributed by atoms with Gasteiger partial charge >= 0.3 is 6.18 Å². The van der Waals surface area contributed by atoms with E-state index in [1.165, 1.54) is 12.3 Å². The fourth-order valence-corrected chi connectivity index (χ4v) is 1.78. The fraction of sp³-hybridized carbons (Fsp3) is 0.0833. The molecule has 2 rings (SSSR count). The van der Waals surface area contributed by atoms with E-state index in [1.807, 2.05) is 0 Å². The van der Waals surface area contributed by atoms with Crippen LogP contribution in [0.25, 0.3) is 5.69 Å². The third-order valence-electron chi connectivity index (χ3n) is 2.36.